The summed E-state index contributed by atoms with van der Waals surface area (Å²) in [5.41, 5.74) is 8.23. The SMILES string of the molecule is COC(=O)C12CC(CCc3cc(-c4ccccc4O)nnc3N)(C1)C2. The van der Waals surface area contributed by atoms with Crippen molar-refractivity contribution >= 4 is 11.8 Å². The Hall–Kier alpha value is -2.63. The summed E-state index contributed by atoms with van der Waals surface area (Å²) in [5.74, 6) is 0.529. The highest BCUT2D eigenvalue weighted by Gasteiger charge is 2.71. The smallest absolute Gasteiger partial charge is 0.311 e. The van der Waals surface area contributed by atoms with Crippen LogP contribution in [0.3, 0.4) is 0 Å². The number of methoxy groups -OCH3 is 1. The van der Waals surface area contributed by atoms with Crippen molar-refractivity contribution < 1.29 is 14.6 Å². The van der Waals surface area contributed by atoms with Gasteiger partial charge in [0.1, 0.15) is 11.6 Å². The molecule has 1 aromatic heterocycles. The van der Waals surface area contributed by atoms with Crippen molar-refractivity contribution in [1.29, 1.82) is 0 Å². The number of hydrogen-bond acceptors (Lipinski definition) is 6. The second-order valence-corrected chi connectivity index (χ2v) is 7.46. The van der Waals surface area contributed by atoms with E-state index >= 15 is 0 Å². The van der Waals surface area contributed by atoms with Crippen molar-refractivity contribution in [2.45, 2.75) is 32.1 Å². The van der Waals surface area contributed by atoms with Gasteiger partial charge in [-0.25, -0.2) is 0 Å². The summed E-state index contributed by atoms with van der Waals surface area (Å²) in [4.78, 5) is 11.8. The molecular weight excluding hydrogens is 318 g/mol. The van der Waals surface area contributed by atoms with Gasteiger partial charge in [0.15, 0.2) is 0 Å². The summed E-state index contributed by atoms with van der Waals surface area (Å²) in [6.45, 7) is 0. The number of hydrogen-bond donors (Lipinski definition) is 2. The van der Waals surface area contributed by atoms with E-state index in [0.29, 0.717) is 17.1 Å². The van der Waals surface area contributed by atoms with E-state index in [0.717, 1.165) is 37.7 Å². The zero-order chi connectivity index (χ0) is 17.7. The molecule has 0 spiro atoms. The number of esters is 1. The van der Waals surface area contributed by atoms with E-state index in [1.807, 2.05) is 12.1 Å². The number of aromatic nitrogens is 2. The van der Waals surface area contributed by atoms with E-state index in [4.69, 9.17) is 10.5 Å². The molecule has 2 aromatic rings. The Kier molecular flexibility index (Phi) is 3.45. The minimum Gasteiger partial charge on any atom is -0.507 e. The summed E-state index contributed by atoms with van der Waals surface area (Å²) < 4.78 is 4.90. The van der Waals surface area contributed by atoms with Crippen LogP contribution >= 0.6 is 0 Å². The molecule has 5 rings (SSSR count). The molecule has 0 unspecified atom stereocenters. The molecule has 6 heteroatoms. The van der Waals surface area contributed by atoms with Gasteiger partial charge in [-0.15, -0.1) is 10.2 Å². The maximum Gasteiger partial charge on any atom is 0.311 e. The van der Waals surface area contributed by atoms with Gasteiger partial charge in [-0.3, -0.25) is 4.79 Å². The van der Waals surface area contributed by atoms with Gasteiger partial charge >= 0.3 is 5.97 Å². The standard InChI is InChI=1S/C19H21N3O3/c1-25-17(24)19-9-18(10-19,11-19)7-6-12-8-14(21-22-16(12)20)13-4-2-3-5-15(13)23/h2-5,8,23H,6-7,9-11H2,1H3,(H2,20,22). The van der Waals surface area contributed by atoms with Gasteiger partial charge in [0.2, 0.25) is 0 Å². The van der Waals surface area contributed by atoms with Gasteiger partial charge in [-0.2, -0.15) is 0 Å². The van der Waals surface area contributed by atoms with Gasteiger partial charge in [-0.05, 0) is 61.3 Å². The van der Waals surface area contributed by atoms with Crippen molar-refractivity contribution in [2.24, 2.45) is 10.8 Å². The van der Waals surface area contributed by atoms with Crippen LogP contribution in [0.15, 0.2) is 30.3 Å². The first kappa shape index (κ1) is 15.9. The number of phenols is 1. The minimum absolute atomic E-state index is 0.0682. The number of nitrogens with two attached hydrogens (primary N) is 1. The summed E-state index contributed by atoms with van der Waals surface area (Å²) >= 11 is 0. The molecule has 3 saturated carbocycles. The molecule has 0 aliphatic heterocycles. The third-order valence-electron chi connectivity index (χ3n) is 5.77. The number of nitrogen functional groups attached to an aromatic ring is 1. The lowest BCUT2D eigenvalue weighted by molar-refractivity contribution is -0.227. The molecule has 1 aromatic carbocycles. The molecule has 6 nitrogen and oxygen atoms in total. The van der Waals surface area contributed by atoms with Crippen molar-refractivity contribution in [2.75, 3.05) is 12.8 Å². The van der Waals surface area contributed by atoms with E-state index in [1.165, 1.54) is 7.11 Å². The number of aromatic hydroxyl groups is 1. The van der Waals surface area contributed by atoms with Gasteiger partial charge in [0.05, 0.1) is 18.2 Å². The predicted molar refractivity (Wildman–Crippen MR) is 92.6 cm³/mol. The monoisotopic (exact) mass is 339 g/mol. The largest absolute Gasteiger partial charge is 0.507 e. The zero-order valence-electron chi connectivity index (χ0n) is 14.2. The molecular formula is C19H21N3O3. The topological polar surface area (TPSA) is 98.3 Å². The molecule has 3 fully saturated rings. The number of para-hydroxylation sites is 1. The number of ether oxygens (including phenoxy) is 1. The summed E-state index contributed by atoms with van der Waals surface area (Å²) in [5, 5.41) is 18.2. The molecule has 0 atom stereocenters. The molecule has 3 aliphatic rings. The van der Waals surface area contributed by atoms with Gasteiger partial charge in [-0.1, -0.05) is 12.1 Å². The van der Waals surface area contributed by atoms with Crippen LogP contribution in [0.4, 0.5) is 5.82 Å². The van der Waals surface area contributed by atoms with E-state index in [9.17, 15) is 9.90 Å². The normalized spacial score (nSPS) is 26.4. The van der Waals surface area contributed by atoms with Crippen LogP contribution in [0.1, 0.15) is 31.2 Å². The Bertz CT molecular complexity index is 830. The Morgan fingerprint density at radius 1 is 1.28 bits per heavy atom. The lowest BCUT2D eigenvalue weighted by Crippen LogP contribution is -2.65. The quantitative estimate of drug-likeness (QED) is 0.813. The van der Waals surface area contributed by atoms with Crippen LogP contribution in [0.2, 0.25) is 0 Å². The van der Waals surface area contributed by atoms with E-state index in [-0.39, 0.29) is 22.5 Å². The molecule has 0 amide bonds. The van der Waals surface area contributed by atoms with Crippen molar-refractivity contribution in [3.05, 3.63) is 35.9 Å². The van der Waals surface area contributed by atoms with Crippen LogP contribution in [0.25, 0.3) is 11.3 Å². The molecule has 1 heterocycles. The Balaban J connectivity index is 1.47. The lowest BCUT2D eigenvalue weighted by atomic mass is 9.34. The van der Waals surface area contributed by atoms with E-state index in [2.05, 4.69) is 10.2 Å². The number of nitrogens with zero attached hydrogens (tertiary/aromatic N) is 2. The van der Waals surface area contributed by atoms with Crippen LogP contribution in [-0.4, -0.2) is 28.4 Å². The minimum atomic E-state index is -0.211. The second kappa shape index (κ2) is 5.44. The number of anilines is 1. The number of aryl methyl sites for hydroxylation is 1. The molecule has 2 bridgehead atoms. The average Bonchev–Trinajstić information content (AvgIpc) is 2.54. The highest BCUT2D eigenvalue weighted by molar-refractivity contribution is 5.81. The third-order valence-corrected chi connectivity index (χ3v) is 5.77. The van der Waals surface area contributed by atoms with Gasteiger partial charge < -0.3 is 15.6 Å². The van der Waals surface area contributed by atoms with Crippen LogP contribution in [0.5, 0.6) is 5.75 Å². The fourth-order valence-corrected chi connectivity index (χ4v) is 4.56. The Labute approximate surface area is 146 Å². The molecule has 3 N–H and O–H groups in total. The molecule has 0 radical (unpaired) electrons. The number of phenolic OH excluding ortho intramolecular Hbond substituents is 1. The highest BCUT2D eigenvalue weighted by atomic mass is 16.5. The first-order valence-corrected chi connectivity index (χ1v) is 8.46. The lowest BCUT2D eigenvalue weighted by Gasteiger charge is -2.69. The first-order chi connectivity index (χ1) is 12.0. The van der Waals surface area contributed by atoms with E-state index in [1.54, 1.807) is 18.2 Å². The first-order valence-electron chi connectivity index (χ1n) is 8.46. The van der Waals surface area contributed by atoms with Crippen LogP contribution in [0, 0.1) is 10.8 Å². The number of benzene rings is 1. The molecule has 130 valence electrons. The number of carbonyl (C=O) groups excluding carboxylic acids is 1. The van der Waals surface area contributed by atoms with Gasteiger partial charge in [0, 0.05) is 5.56 Å². The van der Waals surface area contributed by atoms with Crippen molar-refractivity contribution in [1.82, 2.24) is 10.2 Å². The third kappa shape index (κ3) is 2.44. The highest BCUT2D eigenvalue weighted by Crippen LogP contribution is 2.75. The van der Waals surface area contributed by atoms with Crippen molar-refractivity contribution in [3.8, 4) is 17.0 Å². The summed E-state index contributed by atoms with van der Waals surface area (Å²) in [7, 11) is 1.46. The number of rotatable bonds is 5. The summed E-state index contributed by atoms with van der Waals surface area (Å²) in [6, 6.07) is 8.95. The molecule has 0 saturated heterocycles. The summed E-state index contributed by atoms with van der Waals surface area (Å²) in [6.07, 6.45) is 4.51. The zero-order valence-corrected chi connectivity index (χ0v) is 14.2. The van der Waals surface area contributed by atoms with Crippen LogP contribution in [-0.2, 0) is 16.0 Å². The average molecular weight is 339 g/mol. The second-order valence-electron chi connectivity index (χ2n) is 7.46. The molecule has 25 heavy (non-hydrogen) atoms. The van der Waals surface area contributed by atoms with E-state index < -0.39 is 0 Å². The predicted octanol–water partition coefficient (Wildman–Crippen LogP) is 2.71. The maximum atomic E-state index is 11.8. The van der Waals surface area contributed by atoms with Crippen LogP contribution < -0.4 is 5.73 Å². The number of carbonyl (C=O) groups is 1. The van der Waals surface area contributed by atoms with Gasteiger partial charge in [0.25, 0.3) is 0 Å². The Morgan fingerprint density at radius 2 is 2.00 bits per heavy atom. The fraction of sp³-hybridized carbons (Fsp3) is 0.421. The fourth-order valence-electron chi connectivity index (χ4n) is 4.56. The molecule has 3 aliphatic carbocycles. The Morgan fingerprint density at radius 3 is 2.68 bits per heavy atom. The maximum absolute atomic E-state index is 11.8. The van der Waals surface area contributed by atoms with Crippen molar-refractivity contribution in [3.63, 3.8) is 0 Å².